The summed E-state index contributed by atoms with van der Waals surface area (Å²) in [6.07, 6.45) is 4.98. The maximum Gasteiger partial charge on any atom is 0.226 e. The first-order valence-corrected chi connectivity index (χ1v) is 12.3. The van der Waals surface area contributed by atoms with E-state index in [-0.39, 0.29) is 0 Å². The summed E-state index contributed by atoms with van der Waals surface area (Å²) in [5.74, 6) is 3.62. The van der Waals surface area contributed by atoms with Crippen LogP contribution in [-0.2, 0) is 13.0 Å². The number of nitrogens with zero attached hydrogens (tertiary/aromatic N) is 6. The fourth-order valence-corrected chi connectivity index (χ4v) is 4.46. The third-order valence-corrected chi connectivity index (χ3v) is 6.35. The number of thioether (sulfide) groups is 1. The maximum atomic E-state index is 6.06. The molecule has 0 spiro atoms. The zero-order chi connectivity index (χ0) is 23.9. The molecule has 0 unspecified atom stereocenters. The van der Waals surface area contributed by atoms with Gasteiger partial charge in [-0.25, -0.2) is 0 Å². The van der Waals surface area contributed by atoms with Crippen LogP contribution in [0.2, 0.25) is 0 Å². The highest BCUT2D eigenvalue weighted by molar-refractivity contribution is 7.99. The molecule has 9 heteroatoms. The fourth-order valence-electron chi connectivity index (χ4n) is 3.55. The van der Waals surface area contributed by atoms with Crippen molar-refractivity contribution in [1.29, 1.82) is 0 Å². The highest BCUT2D eigenvalue weighted by Gasteiger charge is 2.16. The van der Waals surface area contributed by atoms with E-state index in [0.29, 0.717) is 24.7 Å². The molecule has 2 aromatic carbocycles. The lowest BCUT2D eigenvalue weighted by molar-refractivity contribution is 0.291. The molecule has 0 saturated carbocycles. The quantitative estimate of drug-likeness (QED) is 0.194. The minimum atomic E-state index is 0.326. The molecule has 5 rings (SSSR count). The SMILES string of the molecule is Cc1ccccc1OCc1nnc(SCCCc2nc(-c3ccncc3)no2)n1-c1ccccc1. The molecular weight excluding hydrogens is 460 g/mol. The minimum absolute atomic E-state index is 0.326. The zero-order valence-corrected chi connectivity index (χ0v) is 20.1. The summed E-state index contributed by atoms with van der Waals surface area (Å²) >= 11 is 1.65. The molecule has 0 saturated heterocycles. The van der Waals surface area contributed by atoms with E-state index in [1.54, 1.807) is 24.2 Å². The number of ether oxygens (including phenoxy) is 1. The number of rotatable bonds is 10. The predicted octanol–water partition coefficient (Wildman–Crippen LogP) is 5.32. The van der Waals surface area contributed by atoms with Crippen LogP contribution >= 0.6 is 11.8 Å². The van der Waals surface area contributed by atoms with Gasteiger partial charge in [0, 0.05) is 35.8 Å². The van der Waals surface area contributed by atoms with Gasteiger partial charge in [-0.3, -0.25) is 9.55 Å². The van der Waals surface area contributed by atoms with Gasteiger partial charge in [-0.1, -0.05) is 53.3 Å². The zero-order valence-electron chi connectivity index (χ0n) is 19.2. The van der Waals surface area contributed by atoms with E-state index < -0.39 is 0 Å². The summed E-state index contributed by atoms with van der Waals surface area (Å²) in [6.45, 7) is 2.36. The van der Waals surface area contributed by atoms with E-state index in [1.807, 2.05) is 73.7 Å². The van der Waals surface area contributed by atoms with Crippen LogP contribution in [0.1, 0.15) is 23.7 Å². The number of aryl methyl sites for hydroxylation is 2. The van der Waals surface area contributed by atoms with Gasteiger partial charge in [0.1, 0.15) is 12.4 Å². The Morgan fingerprint density at radius 1 is 0.943 bits per heavy atom. The Labute approximate surface area is 207 Å². The van der Waals surface area contributed by atoms with Gasteiger partial charge in [0.25, 0.3) is 0 Å². The molecule has 3 heterocycles. The molecule has 35 heavy (non-hydrogen) atoms. The van der Waals surface area contributed by atoms with Gasteiger partial charge >= 0.3 is 0 Å². The summed E-state index contributed by atoms with van der Waals surface area (Å²) in [5.41, 5.74) is 2.98. The number of para-hydroxylation sites is 2. The Balaban J connectivity index is 1.24. The van der Waals surface area contributed by atoms with Crippen molar-refractivity contribution in [3.05, 3.63) is 96.4 Å². The minimum Gasteiger partial charge on any atom is -0.485 e. The smallest absolute Gasteiger partial charge is 0.226 e. The Hall–Kier alpha value is -3.98. The molecule has 0 fully saturated rings. The molecule has 0 radical (unpaired) electrons. The highest BCUT2D eigenvalue weighted by atomic mass is 32.2. The molecular formula is C26H24N6O2S. The van der Waals surface area contributed by atoms with Gasteiger partial charge in [-0.05, 0) is 49.2 Å². The second-order valence-electron chi connectivity index (χ2n) is 7.82. The van der Waals surface area contributed by atoms with Crippen LogP contribution in [0.25, 0.3) is 17.1 Å². The lowest BCUT2D eigenvalue weighted by Crippen LogP contribution is -2.07. The van der Waals surface area contributed by atoms with Crippen molar-refractivity contribution in [3.8, 4) is 22.8 Å². The summed E-state index contributed by atoms with van der Waals surface area (Å²) in [7, 11) is 0. The van der Waals surface area contributed by atoms with Crippen LogP contribution in [0.5, 0.6) is 5.75 Å². The topological polar surface area (TPSA) is 91.8 Å². The van der Waals surface area contributed by atoms with E-state index in [9.17, 15) is 0 Å². The molecule has 0 amide bonds. The number of hydrogen-bond acceptors (Lipinski definition) is 8. The molecule has 3 aromatic heterocycles. The summed E-state index contributed by atoms with van der Waals surface area (Å²) in [5, 5.41) is 13.8. The van der Waals surface area contributed by atoms with Gasteiger partial charge in [0.05, 0.1) is 0 Å². The van der Waals surface area contributed by atoms with E-state index in [1.165, 1.54) is 0 Å². The monoisotopic (exact) mass is 484 g/mol. The predicted molar refractivity (Wildman–Crippen MR) is 133 cm³/mol. The van der Waals surface area contributed by atoms with Crippen molar-refractivity contribution in [2.75, 3.05) is 5.75 Å². The van der Waals surface area contributed by atoms with Crippen molar-refractivity contribution >= 4 is 11.8 Å². The second kappa shape index (κ2) is 11.0. The van der Waals surface area contributed by atoms with Crippen molar-refractivity contribution < 1.29 is 9.26 Å². The van der Waals surface area contributed by atoms with E-state index >= 15 is 0 Å². The lowest BCUT2D eigenvalue weighted by atomic mass is 10.2. The number of hydrogen-bond donors (Lipinski definition) is 0. The van der Waals surface area contributed by atoms with Crippen LogP contribution in [0.15, 0.2) is 88.8 Å². The van der Waals surface area contributed by atoms with Gasteiger partial charge in [-0.15, -0.1) is 10.2 Å². The van der Waals surface area contributed by atoms with Gasteiger partial charge < -0.3 is 9.26 Å². The summed E-state index contributed by atoms with van der Waals surface area (Å²) in [4.78, 5) is 8.51. The third-order valence-electron chi connectivity index (χ3n) is 5.34. The van der Waals surface area contributed by atoms with Gasteiger partial charge in [0.15, 0.2) is 11.0 Å². The van der Waals surface area contributed by atoms with Crippen LogP contribution in [0, 0.1) is 6.92 Å². The highest BCUT2D eigenvalue weighted by Crippen LogP contribution is 2.25. The second-order valence-corrected chi connectivity index (χ2v) is 8.89. The van der Waals surface area contributed by atoms with E-state index in [2.05, 4.69) is 29.9 Å². The van der Waals surface area contributed by atoms with Crippen LogP contribution in [0.3, 0.4) is 0 Å². The Morgan fingerprint density at radius 2 is 1.74 bits per heavy atom. The van der Waals surface area contributed by atoms with Crippen molar-refractivity contribution in [2.45, 2.75) is 31.5 Å². The fraction of sp³-hybridized carbons (Fsp3) is 0.192. The molecule has 8 nitrogen and oxygen atoms in total. The molecule has 0 aliphatic carbocycles. The van der Waals surface area contributed by atoms with Gasteiger partial charge in [0.2, 0.25) is 11.7 Å². The van der Waals surface area contributed by atoms with E-state index in [4.69, 9.17) is 9.26 Å². The Kier molecular flexibility index (Phi) is 7.14. The van der Waals surface area contributed by atoms with Gasteiger partial charge in [-0.2, -0.15) is 4.98 Å². The van der Waals surface area contributed by atoms with Crippen LogP contribution < -0.4 is 4.74 Å². The molecule has 176 valence electrons. The van der Waals surface area contributed by atoms with Crippen LogP contribution in [-0.4, -0.2) is 35.6 Å². The number of benzene rings is 2. The molecule has 0 atom stereocenters. The third kappa shape index (κ3) is 5.58. The van der Waals surface area contributed by atoms with Crippen LogP contribution in [0.4, 0.5) is 0 Å². The molecule has 0 aliphatic rings. The maximum absolute atomic E-state index is 6.06. The molecule has 0 bridgehead atoms. The largest absolute Gasteiger partial charge is 0.485 e. The lowest BCUT2D eigenvalue weighted by Gasteiger charge is -2.12. The molecule has 0 N–H and O–H groups in total. The van der Waals surface area contributed by atoms with Crippen molar-refractivity contribution in [3.63, 3.8) is 0 Å². The normalized spacial score (nSPS) is 11.0. The number of pyridine rings is 1. The molecule has 0 aliphatic heterocycles. The van der Waals surface area contributed by atoms with Crippen molar-refractivity contribution in [2.24, 2.45) is 0 Å². The molecule has 5 aromatic rings. The average molecular weight is 485 g/mol. The average Bonchev–Trinajstić information content (AvgIpc) is 3.54. The van der Waals surface area contributed by atoms with E-state index in [0.717, 1.165) is 45.7 Å². The Bertz CT molecular complexity index is 1370. The first-order valence-electron chi connectivity index (χ1n) is 11.3. The summed E-state index contributed by atoms with van der Waals surface area (Å²) in [6, 6.07) is 21.8. The Morgan fingerprint density at radius 3 is 2.57 bits per heavy atom. The first kappa shape index (κ1) is 22.8. The standard InChI is InChI=1S/C26H24N6O2S/c1-19-8-5-6-11-22(19)33-18-23-29-30-26(32(23)21-9-3-2-4-10-21)35-17-7-12-24-28-25(31-34-24)20-13-15-27-16-14-20/h2-6,8-11,13-16H,7,12,17-18H2,1H3. The summed E-state index contributed by atoms with van der Waals surface area (Å²) < 4.78 is 13.5. The first-order chi connectivity index (χ1) is 17.3. The number of aromatic nitrogens is 6. The van der Waals surface area contributed by atoms with Crippen molar-refractivity contribution in [1.82, 2.24) is 29.9 Å².